The molecule has 0 N–H and O–H groups in total. The number of anilines is 1. The summed E-state index contributed by atoms with van der Waals surface area (Å²) >= 11 is 0. The third-order valence-corrected chi connectivity index (χ3v) is 3.76. The van der Waals surface area contributed by atoms with Gasteiger partial charge in [-0.1, -0.05) is 0 Å². The van der Waals surface area contributed by atoms with Crippen molar-refractivity contribution < 1.29 is 17.9 Å². The van der Waals surface area contributed by atoms with Crippen LogP contribution in [-0.4, -0.2) is 45.8 Å². The van der Waals surface area contributed by atoms with Crippen molar-refractivity contribution in [1.29, 1.82) is 0 Å². The molecule has 0 saturated carbocycles. The van der Waals surface area contributed by atoms with Gasteiger partial charge in [-0.15, -0.1) is 0 Å². The number of rotatable bonds is 6. The van der Waals surface area contributed by atoms with Crippen LogP contribution in [0.15, 0.2) is 23.2 Å². The number of nitrogens with zero attached hydrogens (tertiary/aromatic N) is 2. The average Bonchev–Trinajstić information content (AvgIpc) is 2.38. The van der Waals surface area contributed by atoms with Crippen LogP contribution in [0.2, 0.25) is 0 Å². The molecule has 7 heteroatoms. The van der Waals surface area contributed by atoms with Crippen molar-refractivity contribution >= 4 is 21.6 Å². The Morgan fingerprint density at radius 3 is 2.68 bits per heavy atom. The average molecular weight is 286 g/mol. The number of hydrogen-bond acceptors (Lipinski definition) is 6. The van der Waals surface area contributed by atoms with Crippen molar-refractivity contribution in [3.8, 4) is 0 Å². The normalized spacial score (nSPS) is 11.1. The molecule has 0 spiro atoms. The molecule has 0 amide bonds. The van der Waals surface area contributed by atoms with Gasteiger partial charge in [-0.2, -0.15) is 0 Å². The Bertz CT molecular complexity index is 542. The van der Waals surface area contributed by atoms with E-state index in [-0.39, 0.29) is 17.3 Å². The van der Waals surface area contributed by atoms with E-state index in [0.29, 0.717) is 18.9 Å². The molecule has 0 aliphatic rings. The molecule has 6 nitrogen and oxygen atoms in total. The molecule has 0 saturated heterocycles. The number of sulfone groups is 1. The summed E-state index contributed by atoms with van der Waals surface area (Å²) in [5, 5.41) is 0. The van der Waals surface area contributed by atoms with Crippen molar-refractivity contribution in [2.45, 2.75) is 18.2 Å². The number of carbonyl (C=O) groups excluding carboxylic acids is 1. The van der Waals surface area contributed by atoms with E-state index in [1.54, 1.807) is 11.0 Å². The number of methoxy groups -OCH3 is 1. The number of esters is 1. The molecule has 19 heavy (non-hydrogen) atoms. The highest BCUT2D eigenvalue weighted by atomic mass is 32.2. The van der Waals surface area contributed by atoms with Crippen molar-refractivity contribution in [2.75, 3.05) is 31.4 Å². The predicted molar refractivity (Wildman–Crippen MR) is 71.9 cm³/mol. The lowest BCUT2D eigenvalue weighted by Crippen LogP contribution is -2.28. The van der Waals surface area contributed by atoms with Crippen molar-refractivity contribution in [3.05, 3.63) is 18.3 Å². The first-order valence-corrected chi connectivity index (χ1v) is 7.76. The lowest BCUT2D eigenvalue weighted by atomic mass is 10.3. The molecule has 0 aliphatic carbocycles. The lowest BCUT2D eigenvalue weighted by Gasteiger charge is -2.23. The first-order chi connectivity index (χ1) is 8.90. The number of carbonyl (C=O) groups is 1. The molecule has 0 radical (unpaired) electrons. The molecule has 1 aromatic heterocycles. The number of hydrogen-bond donors (Lipinski definition) is 0. The quantitative estimate of drug-likeness (QED) is 0.722. The molecule has 0 bridgehead atoms. The second kappa shape index (κ2) is 6.51. The van der Waals surface area contributed by atoms with E-state index < -0.39 is 9.84 Å². The highest BCUT2D eigenvalue weighted by Crippen LogP contribution is 2.22. The summed E-state index contributed by atoms with van der Waals surface area (Å²) < 4.78 is 28.0. The number of ether oxygens (including phenoxy) is 1. The highest BCUT2D eigenvalue weighted by Gasteiger charge is 2.19. The molecule has 0 atom stereocenters. The van der Waals surface area contributed by atoms with Crippen LogP contribution in [0.25, 0.3) is 0 Å². The van der Waals surface area contributed by atoms with Gasteiger partial charge in [0.05, 0.1) is 13.5 Å². The monoisotopic (exact) mass is 286 g/mol. The fourth-order valence-electron chi connectivity index (χ4n) is 1.65. The van der Waals surface area contributed by atoms with Crippen LogP contribution in [0.4, 0.5) is 5.82 Å². The number of pyridine rings is 1. The molecule has 0 aliphatic heterocycles. The molecule has 1 heterocycles. The van der Waals surface area contributed by atoms with Gasteiger partial charge in [-0.05, 0) is 19.1 Å². The summed E-state index contributed by atoms with van der Waals surface area (Å²) in [7, 11) is -2.03. The van der Waals surface area contributed by atoms with Gasteiger partial charge in [-0.3, -0.25) is 4.79 Å². The second-order valence-corrected chi connectivity index (χ2v) is 5.99. The van der Waals surface area contributed by atoms with Crippen LogP contribution in [0, 0.1) is 0 Å². The predicted octanol–water partition coefficient (Wildman–Crippen LogP) is 0.874. The summed E-state index contributed by atoms with van der Waals surface area (Å²) in [5.74, 6) is 0.0340. The van der Waals surface area contributed by atoms with Crippen LogP contribution >= 0.6 is 0 Å². The van der Waals surface area contributed by atoms with Gasteiger partial charge >= 0.3 is 5.97 Å². The largest absolute Gasteiger partial charge is 0.469 e. The summed E-state index contributed by atoms with van der Waals surface area (Å²) in [4.78, 5) is 17.2. The van der Waals surface area contributed by atoms with E-state index in [1.165, 1.54) is 19.4 Å². The van der Waals surface area contributed by atoms with E-state index >= 15 is 0 Å². The third-order valence-electron chi connectivity index (χ3n) is 2.65. The van der Waals surface area contributed by atoms with Crippen LogP contribution in [0.1, 0.15) is 13.3 Å². The van der Waals surface area contributed by atoms with E-state index in [4.69, 9.17) is 0 Å². The third kappa shape index (κ3) is 4.20. The van der Waals surface area contributed by atoms with Gasteiger partial charge in [0.1, 0.15) is 10.7 Å². The fourth-order valence-corrected chi connectivity index (χ4v) is 2.49. The summed E-state index contributed by atoms with van der Waals surface area (Å²) in [6.07, 6.45) is 2.86. The Kier molecular flexibility index (Phi) is 5.29. The maximum absolute atomic E-state index is 11.7. The van der Waals surface area contributed by atoms with Crippen LogP contribution in [0.3, 0.4) is 0 Å². The number of aromatic nitrogens is 1. The Morgan fingerprint density at radius 2 is 2.16 bits per heavy atom. The molecule has 1 rings (SSSR count). The molecule has 0 unspecified atom stereocenters. The highest BCUT2D eigenvalue weighted by molar-refractivity contribution is 7.90. The minimum absolute atomic E-state index is 0.168. The Labute approximate surface area is 113 Å². The van der Waals surface area contributed by atoms with Crippen molar-refractivity contribution in [3.63, 3.8) is 0 Å². The van der Waals surface area contributed by atoms with Crippen molar-refractivity contribution in [2.24, 2.45) is 0 Å². The minimum Gasteiger partial charge on any atom is -0.469 e. The Hall–Kier alpha value is -1.63. The van der Waals surface area contributed by atoms with E-state index in [0.717, 1.165) is 6.26 Å². The van der Waals surface area contributed by atoms with Gasteiger partial charge in [0.15, 0.2) is 9.84 Å². The fraction of sp³-hybridized carbons (Fsp3) is 0.500. The van der Waals surface area contributed by atoms with E-state index in [1.807, 2.05) is 6.92 Å². The summed E-state index contributed by atoms with van der Waals surface area (Å²) in [6, 6.07) is 3.09. The van der Waals surface area contributed by atoms with Crippen molar-refractivity contribution in [1.82, 2.24) is 4.98 Å². The van der Waals surface area contributed by atoms with Crippen LogP contribution < -0.4 is 4.90 Å². The zero-order valence-electron chi connectivity index (χ0n) is 11.3. The SMILES string of the molecule is CCN(CCC(=O)OC)c1ncccc1S(C)(=O)=O. The molecular formula is C12H18N2O4S. The van der Waals surface area contributed by atoms with Crippen LogP contribution in [0.5, 0.6) is 0 Å². The molecule has 0 aromatic carbocycles. The topological polar surface area (TPSA) is 76.6 Å². The molecule has 106 valence electrons. The molecule has 0 fully saturated rings. The standard InChI is InChI=1S/C12H18N2O4S/c1-4-14(9-7-11(15)18-2)12-10(19(3,16)17)6-5-8-13-12/h5-6,8H,4,7,9H2,1-3H3. The summed E-state index contributed by atoms with van der Waals surface area (Å²) in [6.45, 7) is 2.79. The second-order valence-electron chi connectivity index (χ2n) is 4.00. The zero-order valence-corrected chi connectivity index (χ0v) is 12.1. The Balaban J connectivity index is 3.02. The smallest absolute Gasteiger partial charge is 0.307 e. The minimum atomic E-state index is -3.35. The van der Waals surface area contributed by atoms with Gasteiger partial charge in [0.25, 0.3) is 0 Å². The molecular weight excluding hydrogens is 268 g/mol. The van der Waals surface area contributed by atoms with E-state index in [9.17, 15) is 13.2 Å². The van der Waals surface area contributed by atoms with Gasteiger partial charge < -0.3 is 9.64 Å². The Morgan fingerprint density at radius 1 is 1.47 bits per heavy atom. The lowest BCUT2D eigenvalue weighted by molar-refractivity contribution is -0.140. The van der Waals surface area contributed by atoms with Gasteiger partial charge in [0.2, 0.25) is 0 Å². The summed E-state index contributed by atoms with van der Waals surface area (Å²) in [5.41, 5.74) is 0. The first-order valence-electron chi connectivity index (χ1n) is 5.87. The first kappa shape index (κ1) is 15.4. The van der Waals surface area contributed by atoms with Crippen LogP contribution in [-0.2, 0) is 19.4 Å². The molecule has 1 aromatic rings. The maximum atomic E-state index is 11.7. The zero-order chi connectivity index (χ0) is 14.5. The van der Waals surface area contributed by atoms with Gasteiger partial charge in [0, 0.05) is 25.5 Å². The van der Waals surface area contributed by atoms with E-state index in [2.05, 4.69) is 9.72 Å². The maximum Gasteiger partial charge on any atom is 0.307 e. The van der Waals surface area contributed by atoms with Gasteiger partial charge in [-0.25, -0.2) is 13.4 Å².